The van der Waals surface area contributed by atoms with Crippen LogP contribution in [0.25, 0.3) is 0 Å². The first-order valence-corrected chi connectivity index (χ1v) is 14.1. The van der Waals surface area contributed by atoms with Gasteiger partial charge in [-0.05, 0) is 66.8 Å². The van der Waals surface area contributed by atoms with Crippen LogP contribution < -0.4 is 15.1 Å². The molecule has 2 fully saturated rings. The second kappa shape index (κ2) is 12.1. The molecule has 43 heavy (non-hydrogen) atoms. The number of hydrogen-bond donors (Lipinski definition) is 1. The molecule has 3 amide bonds. The predicted molar refractivity (Wildman–Crippen MR) is 153 cm³/mol. The lowest BCUT2D eigenvalue weighted by Crippen LogP contribution is -2.60. The Balaban J connectivity index is 0.000000220. The highest BCUT2D eigenvalue weighted by atomic mass is 35.5. The van der Waals surface area contributed by atoms with Crippen molar-refractivity contribution < 1.29 is 27.6 Å². The Labute approximate surface area is 251 Å². The first-order chi connectivity index (χ1) is 20.6. The number of benzene rings is 2. The van der Waals surface area contributed by atoms with Crippen LogP contribution in [0.5, 0.6) is 0 Å². The number of carbonyl (C=O) groups is 3. The van der Waals surface area contributed by atoms with Gasteiger partial charge < -0.3 is 5.32 Å². The van der Waals surface area contributed by atoms with E-state index in [-0.39, 0.29) is 18.0 Å². The fourth-order valence-corrected chi connectivity index (χ4v) is 6.10. The molecule has 0 bridgehead atoms. The van der Waals surface area contributed by atoms with E-state index in [1.54, 1.807) is 41.4 Å². The number of carbonyl (C=O) groups excluding carboxylic acids is 3. The van der Waals surface area contributed by atoms with Crippen molar-refractivity contribution >= 4 is 41.3 Å². The summed E-state index contributed by atoms with van der Waals surface area (Å²) in [5.74, 6) is -3.25. The lowest BCUT2D eigenvalue weighted by Gasteiger charge is -2.42. The maximum Gasteiger partial charge on any atom is 0.252 e. The number of fused-ring (bicyclic) bond motifs is 1. The number of halogens is 4. The molecular weight excluding hydrogens is 583 g/mol. The van der Waals surface area contributed by atoms with E-state index in [4.69, 9.17) is 16.9 Å². The average molecular weight is 610 g/mol. The highest BCUT2D eigenvalue weighted by Crippen LogP contribution is 2.47. The van der Waals surface area contributed by atoms with Crippen LogP contribution in [0.2, 0.25) is 5.02 Å². The van der Waals surface area contributed by atoms with Crippen LogP contribution in [0.4, 0.5) is 24.7 Å². The fraction of sp³-hybridized carbons (Fsp3) is 0.323. The minimum Gasteiger partial charge on any atom is -0.351 e. The molecule has 12 heteroatoms. The second-order valence-corrected chi connectivity index (χ2v) is 11.1. The Morgan fingerprint density at radius 2 is 1.93 bits per heavy atom. The lowest BCUT2D eigenvalue weighted by molar-refractivity contribution is -0.135. The van der Waals surface area contributed by atoms with E-state index in [0.29, 0.717) is 53.3 Å². The molecule has 2 aliphatic carbocycles. The molecule has 2 aromatic carbocycles. The summed E-state index contributed by atoms with van der Waals surface area (Å²) in [6.07, 6.45) is 3.21. The van der Waals surface area contributed by atoms with Gasteiger partial charge in [0, 0.05) is 48.8 Å². The summed E-state index contributed by atoms with van der Waals surface area (Å²) in [5, 5.41) is 11.8. The third kappa shape index (κ3) is 5.92. The largest absolute Gasteiger partial charge is 0.351 e. The van der Waals surface area contributed by atoms with E-state index in [1.807, 2.05) is 6.07 Å². The number of aromatic nitrogens is 1. The van der Waals surface area contributed by atoms with Gasteiger partial charge in [0.05, 0.1) is 11.6 Å². The van der Waals surface area contributed by atoms with Crippen LogP contribution in [0.1, 0.15) is 48.8 Å². The Kier molecular flexibility index (Phi) is 8.42. The first kappa shape index (κ1) is 30.0. The van der Waals surface area contributed by atoms with Gasteiger partial charge in [-0.3, -0.25) is 24.2 Å². The van der Waals surface area contributed by atoms with Gasteiger partial charge in [0.15, 0.2) is 5.54 Å². The minimum absolute atomic E-state index is 0.0904. The summed E-state index contributed by atoms with van der Waals surface area (Å²) in [4.78, 5) is 43.8. The summed E-state index contributed by atoms with van der Waals surface area (Å²) >= 11 is 6.30. The van der Waals surface area contributed by atoms with Crippen molar-refractivity contribution in [1.82, 2.24) is 10.3 Å². The molecule has 1 saturated heterocycles. The first-order valence-electron chi connectivity index (χ1n) is 13.7. The molecule has 1 aliphatic heterocycles. The number of hydrogen-bond acceptors (Lipinski definition) is 5. The number of nitriles is 1. The smallest absolute Gasteiger partial charge is 0.252 e. The topological polar surface area (TPSA) is 106 Å². The SMILES string of the molecule is N#Cc1ccnc(N2CCCC2=O)c1.O=CN(c1cccc(F)c1)C1(C(=O)NC2CC(F)(F)C2)CCc2c(Cl)cccc21. The predicted octanol–water partition coefficient (Wildman–Crippen LogP) is 5.28. The quantitative estimate of drug-likeness (QED) is 0.383. The summed E-state index contributed by atoms with van der Waals surface area (Å²) < 4.78 is 40.4. The zero-order chi connectivity index (χ0) is 30.8. The zero-order valence-electron chi connectivity index (χ0n) is 22.9. The number of pyridine rings is 1. The van der Waals surface area contributed by atoms with E-state index < -0.39 is 42.1 Å². The van der Waals surface area contributed by atoms with Crippen molar-refractivity contribution in [2.24, 2.45) is 0 Å². The normalized spacial score (nSPS) is 20.3. The van der Waals surface area contributed by atoms with Crippen LogP contribution in [-0.2, 0) is 26.3 Å². The number of amides is 3. The second-order valence-electron chi connectivity index (χ2n) is 10.7. The summed E-state index contributed by atoms with van der Waals surface area (Å²) in [6.45, 7) is 0.709. The highest BCUT2D eigenvalue weighted by Gasteiger charge is 2.54. The molecule has 222 valence electrons. The number of nitrogens with one attached hydrogen (secondary N) is 1. The summed E-state index contributed by atoms with van der Waals surface area (Å²) in [7, 11) is 0. The molecule has 2 heterocycles. The van der Waals surface area contributed by atoms with Gasteiger partial charge in [0.2, 0.25) is 12.3 Å². The Morgan fingerprint density at radius 1 is 1.16 bits per heavy atom. The number of nitrogens with zero attached hydrogens (tertiary/aromatic N) is 4. The van der Waals surface area contributed by atoms with Crippen LogP contribution in [-0.4, -0.2) is 41.7 Å². The molecule has 1 unspecified atom stereocenters. The molecule has 3 aliphatic rings. The van der Waals surface area contributed by atoms with E-state index in [9.17, 15) is 27.6 Å². The van der Waals surface area contributed by atoms with E-state index in [0.717, 1.165) is 12.5 Å². The summed E-state index contributed by atoms with van der Waals surface area (Å²) in [6, 6.07) is 15.0. The Bertz CT molecular complexity index is 1610. The molecule has 1 N–H and O–H groups in total. The van der Waals surface area contributed by atoms with E-state index >= 15 is 0 Å². The average Bonchev–Trinajstić information content (AvgIpc) is 3.58. The molecule has 0 radical (unpaired) electrons. The highest BCUT2D eigenvalue weighted by molar-refractivity contribution is 6.31. The van der Waals surface area contributed by atoms with Gasteiger partial charge >= 0.3 is 0 Å². The van der Waals surface area contributed by atoms with Crippen molar-refractivity contribution in [2.45, 2.75) is 56.0 Å². The van der Waals surface area contributed by atoms with E-state index in [2.05, 4.69) is 10.3 Å². The van der Waals surface area contributed by atoms with Gasteiger partial charge in [-0.1, -0.05) is 29.8 Å². The van der Waals surface area contributed by atoms with Crippen molar-refractivity contribution in [3.63, 3.8) is 0 Å². The monoisotopic (exact) mass is 609 g/mol. The van der Waals surface area contributed by atoms with Crippen LogP contribution in [0.15, 0.2) is 60.8 Å². The van der Waals surface area contributed by atoms with Gasteiger partial charge in [0.25, 0.3) is 11.8 Å². The minimum atomic E-state index is -2.80. The third-order valence-corrected chi connectivity index (χ3v) is 8.28. The van der Waals surface area contributed by atoms with E-state index in [1.165, 1.54) is 23.1 Å². The molecule has 0 spiro atoms. The van der Waals surface area contributed by atoms with Crippen molar-refractivity contribution in [3.8, 4) is 6.07 Å². The fourth-order valence-electron chi connectivity index (χ4n) is 5.83. The summed E-state index contributed by atoms with van der Waals surface area (Å²) in [5.41, 5.74) is 0.466. The van der Waals surface area contributed by atoms with Gasteiger partial charge in [-0.25, -0.2) is 18.2 Å². The molecular formula is C31H27ClF3N5O3. The molecule has 1 saturated carbocycles. The number of alkyl halides is 2. The van der Waals surface area contributed by atoms with Crippen molar-refractivity contribution in [2.75, 3.05) is 16.3 Å². The Morgan fingerprint density at radius 3 is 2.58 bits per heavy atom. The van der Waals surface area contributed by atoms with Crippen molar-refractivity contribution in [1.29, 1.82) is 5.26 Å². The van der Waals surface area contributed by atoms with Gasteiger partial charge in [-0.2, -0.15) is 5.26 Å². The lowest BCUT2D eigenvalue weighted by atomic mass is 9.84. The third-order valence-electron chi connectivity index (χ3n) is 7.93. The molecule has 8 nitrogen and oxygen atoms in total. The van der Waals surface area contributed by atoms with Gasteiger partial charge in [-0.15, -0.1) is 0 Å². The van der Waals surface area contributed by atoms with Crippen LogP contribution in [0, 0.1) is 17.1 Å². The molecule has 1 atom stereocenters. The molecule has 1 aromatic heterocycles. The standard InChI is InChI=1S/C21H18ClF3N2O2.C10H9N3O/c22-18-6-2-5-17-16(18)7-8-21(17,19(29)26-14-10-20(24,25)11-14)27(12-28)15-4-1-3-13(23)9-15;11-7-8-3-4-12-9(6-8)13-5-1-2-10(13)14/h1-6,9,12,14H,7-8,10-11H2,(H,26,29);3-4,6H,1-2,5H2. The van der Waals surface area contributed by atoms with Crippen molar-refractivity contribution in [3.05, 3.63) is 88.3 Å². The van der Waals surface area contributed by atoms with Gasteiger partial charge in [0.1, 0.15) is 11.6 Å². The Hall–Kier alpha value is -4.43. The molecule has 3 aromatic rings. The van der Waals surface area contributed by atoms with Crippen LogP contribution in [0.3, 0.4) is 0 Å². The zero-order valence-corrected chi connectivity index (χ0v) is 23.7. The van der Waals surface area contributed by atoms with Crippen LogP contribution >= 0.6 is 11.6 Å². The maximum atomic E-state index is 13.8. The number of rotatable bonds is 6. The molecule has 6 rings (SSSR count). The number of anilines is 2. The maximum absolute atomic E-state index is 13.8.